The lowest BCUT2D eigenvalue weighted by atomic mass is 10.2. The second-order valence-electron chi connectivity index (χ2n) is 4.07. The fraction of sp³-hybridized carbons (Fsp3) is 0.417. The number of rotatable bonds is 7. The lowest BCUT2D eigenvalue weighted by Gasteiger charge is -2.08. The Kier molecular flexibility index (Phi) is 6.37. The van der Waals surface area contributed by atoms with Crippen molar-refractivity contribution in [3.8, 4) is 0 Å². The Morgan fingerprint density at radius 1 is 1.45 bits per heavy atom. The Morgan fingerprint density at radius 2 is 2.15 bits per heavy atom. The summed E-state index contributed by atoms with van der Waals surface area (Å²) in [5.74, 6) is -0.756. The smallest absolute Gasteiger partial charge is 0.293 e. The first-order chi connectivity index (χ1) is 9.45. The highest BCUT2D eigenvalue weighted by atomic mass is 79.9. The third-order valence-corrected chi connectivity index (χ3v) is 3.08. The van der Waals surface area contributed by atoms with Crippen molar-refractivity contribution >= 4 is 33.2 Å². The van der Waals surface area contributed by atoms with Gasteiger partial charge in [-0.25, -0.2) is 4.39 Å². The molecule has 0 saturated carbocycles. The van der Waals surface area contributed by atoms with Gasteiger partial charge >= 0.3 is 0 Å². The molecule has 1 aromatic carbocycles. The third-order valence-electron chi connectivity index (χ3n) is 2.47. The van der Waals surface area contributed by atoms with E-state index in [-0.39, 0.29) is 34.7 Å². The molecular formula is C12H15BrFN3O3. The first kappa shape index (κ1) is 16.4. The van der Waals surface area contributed by atoms with E-state index in [9.17, 15) is 19.3 Å². The van der Waals surface area contributed by atoms with Gasteiger partial charge in [-0.15, -0.1) is 0 Å². The summed E-state index contributed by atoms with van der Waals surface area (Å²) in [5.41, 5.74) is -0.189. The van der Waals surface area contributed by atoms with Gasteiger partial charge < -0.3 is 10.6 Å². The highest BCUT2D eigenvalue weighted by Crippen LogP contribution is 2.30. The minimum atomic E-state index is -0.607. The standard InChI is InChI=1S/C12H15BrFN3O3/c1-2-4-16-12(18)3-5-15-10-7-9(14)8(13)6-11(10)17(19)20/h6-7,15H,2-5H2,1H3,(H,16,18). The number of nitro benzene ring substituents is 1. The van der Waals surface area contributed by atoms with Crippen molar-refractivity contribution in [3.63, 3.8) is 0 Å². The van der Waals surface area contributed by atoms with Gasteiger partial charge in [-0.2, -0.15) is 0 Å². The molecule has 6 nitrogen and oxygen atoms in total. The Hall–Kier alpha value is -1.70. The molecule has 0 unspecified atom stereocenters. The van der Waals surface area contributed by atoms with Crippen molar-refractivity contribution in [2.24, 2.45) is 0 Å². The molecule has 0 bridgehead atoms. The predicted octanol–water partition coefficient (Wildman–Crippen LogP) is 2.82. The SMILES string of the molecule is CCCNC(=O)CCNc1cc(F)c(Br)cc1[N+](=O)[O-]. The average molecular weight is 348 g/mol. The molecule has 20 heavy (non-hydrogen) atoms. The van der Waals surface area contributed by atoms with Gasteiger partial charge in [0.1, 0.15) is 11.5 Å². The molecule has 0 spiro atoms. The van der Waals surface area contributed by atoms with Crippen LogP contribution in [0.1, 0.15) is 19.8 Å². The van der Waals surface area contributed by atoms with E-state index in [0.717, 1.165) is 18.6 Å². The molecule has 0 aliphatic heterocycles. The lowest BCUT2D eigenvalue weighted by Crippen LogP contribution is -2.25. The zero-order chi connectivity index (χ0) is 15.1. The van der Waals surface area contributed by atoms with E-state index >= 15 is 0 Å². The summed E-state index contributed by atoms with van der Waals surface area (Å²) in [7, 11) is 0. The second kappa shape index (κ2) is 7.78. The molecule has 0 atom stereocenters. The van der Waals surface area contributed by atoms with Crippen molar-refractivity contribution in [2.45, 2.75) is 19.8 Å². The molecule has 8 heteroatoms. The number of carbonyl (C=O) groups excluding carboxylic acids is 1. The van der Waals surface area contributed by atoms with Crippen molar-refractivity contribution in [2.75, 3.05) is 18.4 Å². The van der Waals surface area contributed by atoms with Crippen LogP contribution in [0.25, 0.3) is 0 Å². The minimum Gasteiger partial charge on any atom is -0.379 e. The van der Waals surface area contributed by atoms with Gasteiger partial charge in [0.2, 0.25) is 5.91 Å². The van der Waals surface area contributed by atoms with Crippen LogP contribution < -0.4 is 10.6 Å². The van der Waals surface area contributed by atoms with Crippen LogP contribution in [0, 0.1) is 15.9 Å². The van der Waals surface area contributed by atoms with Crippen molar-refractivity contribution in [1.29, 1.82) is 0 Å². The van der Waals surface area contributed by atoms with Crippen LogP contribution >= 0.6 is 15.9 Å². The van der Waals surface area contributed by atoms with Crippen LogP contribution in [0.5, 0.6) is 0 Å². The van der Waals surface area contributed by atoms with Crippen LogP contribution in [-0.4, -0.2) is 23.9 Å². The number of anilines is 1. The van der Waals surface area contributed by atoms with Gasteiger partial charge in [0, 0.05) is 31.6 Å². The van der Waals surface area contributed by atoms with Crippen molar-refractivity contribution in [1.82, 2.24) is 5.32 Å². The summed E-state index contributed by atoms with van der Waals surface area (Å²) in [4.78, 5) is 21.6. The van der Waals surface area contributed by atoms with Crippen LogP contribution in [0.2, 0.25) is 0 Å². The number of nitrogens with zero attached hydrogens (tertiary/aromatic N) is 1. The zero-order valence-electron chi connectivity index (χ0n) is 10.9. The fourth-order valence-corrected chi connectivity index (χ4v) is 1.82. The average Bonchev–Trinajstić information content (AvgIpc) is 2.39. The highest BCUT2D eigenvalue weighted by Gasteiger charge is 2.17. The summed E-state index contributed by atoms with van der Waals surface area (Å²) in [6.07, 6.45) is 0.997. The molecule has 1 amide bonds. The number of carbonyl (C=O) groups is 1. The molecule has 0 aliphatic rings. The van der Waals surface area contributed by atoms with E-state index in [0.29, 0.717) is 6.54 Å². The number of hydrogen-bond donors (Lipinski definition) is 2. The quantitative estimate of drug-likeness (QED) is 0.586. The first-order valence-corrected chi connectivity index (χ1v) is 6.89. The van der Waals surface area contributed by atoms with Gasteiger partial charge in [-0.1, -0.05) is 6.92 Å². The molecular weight excluding hydrogens is 333 g/mol. The number of nitrogens with one attached hydrogen (secondary N) is 2. The van der Waals surface area contributed by atoms with Gasteiger partial charge in [0.25, 0.3) is 5.69 Å². The molecule has 0 aliphatic carbocycles. The maximum absolute atomic E-state index is 13.4. The Labute approximate surface area is 124 Å². The third kappa shape index (κ3) is 4.76. The maximum atomic E-state index is 13.4. The van der Waals surface area contributed by atoms with E-state index in [2.05, 4.69) is 26.6 Å². The van der Waals surface area contributed by atoms with Crippen LogP contribution in [0.4, 0.5) is 15.8 Å². The summed E-state index contributed by atoms with van der Waals surface area (Å²) in [6, 6.07) is 2.13. The fourth-order valence-electron chi connectivity index (χ4n) is 1.49. The van der Waals surface area contributed by atoms with E-state index in [1.807, 2.05) is 6.92 Å². The summed E-state index contributed by atoms with van der Waals surface area (Å²) in [6.45, 7) is 2.72. The predicted molar refractivity (Wildman–Crippen MR) is 77.2 cm³/mol. The Balaban J connectivity index is 2.65. The molecule has 2 N–H and O–H groups in total. The van der Waals surface area contributed by atoms with E-state index in [1.54, 1.807) is 0 Å². The molecule has 1 rings (SSSR count). The van der Waals surface area contributed by atoms with Crippen molar-refractivity contribution in [3.05, 3.63) is 32.5 Å². The number of halogens is 2. The summed E-state index contributed by atoms with van der Waals surface area (Å²) >= 11 is 2.90. The Bertz CT molecular complexity index is 511. The molecule has 0 fully saturated rings. The van der Waals surface area contributed by atoms with Crippen LogP contribution in [0.15, 0.2) is 16.6 Å². The molecule has 0 saturated heterocycles. The van der Waals surface area contributed by atoms with Gasteiger partial charge in [0.15, 0.2) is 0 Å². The Morgan fingerprint density at radius 3 is 2.75 bits per heavy atom. The zero-order valence-corrected chi connectivity index (χ0v) is 12.5. The number of amides is 1. The van der Waals surface area contributed by atoms with Crippen LogP contribution in [-0.2, 0) is 4.79 Å². The molecule has 0 heterocycles. The van der Waals surface area contributed by atoms with Crippen molar-refractivity contribution < 1.29 is 14.1 Å². The first-order valence-electron chi connectivity index (χ1n) is 6.09. The second-order valence-corrected chi connectivity index (χ2v) is 4.92. The summed E-state index contributed by atoms with van der Waals surface area (Å²) in [5, 5.41) is 16.3. The van der Waals surface area contributed by atoms with Gasteiger partial charge in [-0.05, 0) is 22.4 Å². The maximum Gasteiger partial charge on any atom is 0.293 e. The molecule has 1 aromatic rings. The molecule has 0 radical (unpaired) electrons. The normalized spacial score (nSPS) is 10.2. The van der Waals surface area contributed by atoms with E-state index in [1.165, 1.54) is 0 Å². The van der Waals surface area contributed by atoms with E-state index in [4.69, 9.17) is 0 Å². The highest BCUT2D eigenvalue weighted by molar-refractivity contribution is 9.10. The van der Waals surface area contributed by atoms with E-state index < -0.39 is 10.7 Å². The number of hydrogen-bond acceptors (Lipinski definition) is 4. The topological polar surface area (TPSA) is 84.3 Å². The number of nitro groups is 1. The molecule has 110 valence electrons. The van der Waals surface area contributed by atoms with Gasteiger partial charge in [0.05, 0.1) is 9.40 Å². The lowest BCUT2D eigenvalue weighted by molar-refractivity contribution is -0.384. The molecule has 0 aromatic heterocycles. The largest absolute Gasteiger partial charge is 0.379 e. The van der Waals surface area contributed by atoms with Crippen LogP contribution in [0.3, 0.4) is 0 Å². The monoisotopic (exact) mass is 347 g/mol. The summed E-state index contributed by atoms with van der Waals surface area (Å²) < 4.78 is 13.4. The minimum absolute atomic E-state index is 0.0236. The number of benzene rings is 1. The van der Waals surface area contributed by atoms with Gasteiger partial charge in [-0.3, -0.25) is 14.9 Å².